The van der Waals surface area contributed by atoms with Gasteiger partial charge in [-0.3, -0.25) is 0 Å². The van der Waals surface area contributed by atoms with E-state index in [-0.39, 0.29) is 6.04 Å². The number of allylic oxidation sites excluding steroid dienone is 1. The molecule has 0 saturated heterocycles. The van der Waals surface area contributed by atoms with Gasteiger partial charge in [-0.15, -0.1) is 6.58 Å². The predicted octanol–water partition coefficient (Wildman–Crippen LogP) is 3.15. The maximum Gasteiger partial charge on any atom is 0.388 e. The third kappa shape index (κ3) is 5.75. The highest BCUT2D eigenvalue weighted by molar-refractivity contribution is 6.76. The number of halogens is 3. The van der Waals surface area contributed by atoms with Crippen LogP contribution < -0.4 is 0 Å². The Bertz CT molecular complexity index is 395. The molecule has 0 aromatic heterocycles. The van der Waals surface area contributed by atoms with Crippen LogP contribution >= 0.6 is 0 Å². The number of hydrogen-bond donors (Lipinski definition) is 0. The van der Waals surface area contributed by atoms with Crippen molar-refractivity contribution in [2.75, 3.05) is 0 Å². The molecule has 0 heterocycles. The lowest BCUT2D eigenvalue weighted by Crippen LogP contribution is -2.41. The Morgan fingerprint density at radius 1 is 1.26 bits per heavy atom. The first-order valence-electron chi connectivity index (χ1n) is 6.17. The van der Waals surface area contributed by atoms with E-state index in [1.807, 2.05) is 30.3 Å². The van der Waals surface area contributed by atoms with Crippen molar-refractivity contribution in [3.05, 3.63) is 48.6 Å². The van der Waals surface area contributed by atoms with Crippen LogP contribution in [0.1, 0.15) is 12.0 Å². The normalized spacial score (nSPS) is 15.1. The molecule has 0 saturated carbocycles. The number of benzene rings is 1. The number of rotatable bonds is 7. The summed E-state index contributed by atoms with van der Waals surface area (Å²) >= 11 is 0. The van der Waals surface area contributed by atoms with Crippen LogP contribution in [0, 0.1) is 0 Å². The van der Waals surface area contributed by atoms with Crippen LogP contribution in [-0.2, 0) is 10.2 Å². The topological polar surface area (TPSA) is 9.23 Å². The first kappa shape index (κ1) is 16.2. The van der Waals surface area contributed by atoms with Crippen LogP contribution in [0.3, 0.4) is 0 Å². The Morgan fingerprint density at radius 2 is 1.89 bits per heavy atom. The van der Waals surface area contributed by atoms with E-state index < -0.39 is 20.9 Å². The summed E-state index contributed by atoms with van der Waals surface area (Å²) in [5.74, 6) is 0. The van der Waals surface area contributed by atoms with Gasteiger partial charge in [-0.05, 0) is 23.7 Å². The van der Waals surface area contributed by atoms with Crippen LogP contribution in [0.25, 0.3) is 0 Å². The second-order valence-electron chi connectivity index (χ2n) is 4.66. The van der Waals surface area contributed by atoms with Gasteiger partial charge in [0, 0.05) is 6.42 Å². The van der Waals surface area contributed by atoms with E-state index in [4.69, 9.17) is 4.12 Å². The van der Waals surface area contributed by atoms with Gasteiger partial charge in [-0.25, -0.2) is 0 Å². The van der Waals surface area contributed by atoms with Crippen LogP contribution in [0.4, 0.5) is 13.2 Å². The largest absolute Gasteiger partial charge is 0.463 e. The number of hydrogen-bond acceptors (Lipinski definition) is 1. The quantitative estimate of drug-likeness (QED) is 0.555. The lowest BCUT2D eigenvalue weighted by molar-refractivity contribution is -0.131. The fourth-order valence-electron chi connectivity index (χ4n) is 2.12. The van der Waals surface area contributed by atoms with Gasteiger partial charge in [-0.2, -0.15) is 13.2 Å². The minimum absolute atomic E-state index is 0.112. The number of alkyl halides is 3. The van der Waals surface area contributed by atoms with Crippen molar-refractivity contribution in [2.24, 2.45) is 0 Å². The molecule has 1 nitrogen and oxygen atoms in total. The molecule has 0 spiro atoms. The lowest BCUT2D eigenvalue weighted by Gasteiger charge is -2.30. The third-order valence-corrected chi connectivity index (χ3v) is 9.89. The Labute approximate surface area is 116 Å². The van der Waals surface area contributed by atoms with E-state index in [0.717, 1.165) is 5.56 Å². The zero-order chi connectivity index (χ0) is 14.4. The molecule has 1 atom stereocenters. The Hall–Kier alpha value is -0.856. The summed E-state index contributed by atoms with van der Waals surface area (Å²) < 4.78 is 43.0. The predicted molar refractivity (Wildman–Crippen MR) is 77.4 cm³/mol. The van der Waals surface area contributed by atoms with Gasteiger partial charge in [0.25, 0.3) is 0 Å². The molecule has 0 bridgehead atoms. The van der Waals surface area contributed by atoms with Crippen LogP contribution in [0.15, 0.2) is 43.0 Å². The molecule has 1 unspecified atom stereocenters. The van der Waals surface area contributed by atoms with Gasteiger partial charge in [0.2, 0.25) is 0 Å². The van der Waals surface area contributed by atoms with E-state index in [1.54, 1.807) is 6.08 Å². The van der Waals surface area contributed by atoms with E-state index in [9.17, 15) is 13.2 Å². The van der Waals surface area contributed by atoms with Crippen molar-refractivity contribution in [3.63, 3.8) is 0 Å². The second kappa shape index (κ2) is 7.07. The maximum absolute atomic E-state index is 12.5. The fraction of sp³-hybridized carbons (Fsp3) is 0.385. The zero-order valence-corrected chi connectivity index (χ0v) is 14.0. The molecule has 0 fully saturated rings. The van der Waals surface area contributed by atoms with Crippen LogP contribution in [0.5, 0.6) is 0 Å². The first-order valence-corrected chi connectivity index (χ1v) is 9.52. The van der Waals surface area contributed by atoms with Gasteiger partial charge < -0.3 is 4.12 Å². The van der Waals surface area contributed by atoms with Crippen molar-refractivity contribution in [1.82, 2.24) is 0 Å². The summed E-state index contributed by atoms with van der Waals surface area (Å²) in [5, 5.41) is 0. The van der Waals surface area contributed by atoms with Gasteiger partial charge in [0.05, 0.1) is 0 Å². The molecule has 1 aromatic rings. The Balaban J connectivity index is 2.82. The van der Waals surface area contributed by atoms with Gasteiger partial charge >= 0.3 is 6.18 Å². The molecule has 0 aliphatic rings. The molecule has 0 aliphatic heterocycles. The van der Waals surface area contributed by atoms with Crippen molar-refractivity contribution >= 4 is 18.8 Å². The molecule has 106 valence electrons. The van der Waals surface area contributed by atoms with Crippen LogP contribution in [0.2, 0.25) is 12.1 Å². The monoisotopic (exact) mass is 304 g/mol. The summed E-state index contributed by atoms with van der Waals surface area (Å²) in [6.45, 7) is 3.67. The molecule has 0 aliphatic carbocycles. The standard InChI is InChI=1S/C13H19F3OSi2/c1-2-9-19(17-18,10-8-13(14,15)16)11-12-6-4-3-5-7-12/h2-7H,1,8-11H2,18H3. The average Bonchev–Trinajstić information content (AvgIpc) is 2.37. The minimum Gasteiger partial charge on any atom is -0.463 e. The third-order valence-electron chi connectivity index (χ3n) is 3.18. The molecule has 0 radical (unpaired) electrons. The molecule has 0 amide bonds. The van der Waals surface area contributed by atoms with E-state index in [1.165, 1.54) is 0 Å². The maximum atomic E-state index is 12.5. The summed E-state index contributed by atoms with van der Waals surface area (Å²) in [6.07, 6.45) is -3.18. The van der Waals surface area contributed by atoms with Gasteiger partial charge in [0.15, 0.2) is 8.32 Å². The van der Waals surface area contributed by atoms with Gasteiger partial charge in [-0.1, -0.05) is 36.4 Å². The van der Waals surface area contributed by atoms with E-state index in [0.29, 0.717) is 22.6 Å². The summed E-state index contributed by atoms with van der Waals surface area (Å²) in [7, 11) is -1.93. The summed E-state index contributed by atoms with van der Waals surface area (Å²) in [6, 6.07) is 10.9. The SMILES string of the molecule is C=CC[Si](CCC(F)(F)F)(Cc1ccccc1)O[SiH3]. The van der Waals surface area contributed by atoms with Crippen molar-refractivity contribution in [1.29, 1.82) is 0 Å². The second-order valence-corrected chi connectivity index (χ2v) is 9.92. The first-order chi connectivity index (χ1) is 8.91. The summed E-state index contributed by atoms with van der Waals surface area (Å²) in [5.41, 5.74) is 1.05. The molecule has 6 heteroatoms. The Morgan fingerprint density at radius 3 is 2.37 bits per heavy atom. The smallest absolute Gasteiger partial charge is 0.388 e. The van der Waals surface area contributed by atoms with Gasteiger partial charge in [0.1, 0.15) is 10.5 Å². The van der Waals surface area contributed by atoms with Crippen LogP contribution in [-0.4, -0.2) is 25.0 Å². The lowest BCUT2D eigenvalue weighted by atomic mass is 10.2. The molecule has 1 aromatic carbocycles. The van der Waals surface area contributed by atoms with Crippen molar-refractivity contribution in [3.8, 4) is 0 Å². The molecular formula is C13H19F3OSi2. The molecule has 19 heavy (non-hydrogen) atoms. The van der Waals surface area contributed by atoms with E-state index in [2.05, 4.69) is 6.58 Å². The molecular weight excluding hydrogens is 285 g/mol. The fourth-order valence-corrected chi connectivity index (χ4v) is 6.95. The van der Waals surface area contributed by atoms with Crippen molar-refractivity contribution in [2.45, 2.75) is 30.7 Å². The zero-order valence-electron chi connectivity index (χ0n) is 11.0. The Kier molecular flexibility index (Phi) is 6.03. The highest BCUT2D eigenvalue weighted by Crippen LogP contribution is 2.30. The van der Waals surface area contributed by atoms with E-state index >= 15 is 0 Å². The molecule has 0 N–H and O–H groups in total. The van der Waals surface area contributed by atoms with Crippen molar-refractivity contribution < 1.29 is 17.3 Å². The summed E-state index contributed by atoms with van der Waals surface area (Å²) in [4.78, 5) is 0. The highest BCUT2D eigenvalue weighted by Gasteiger charge is 2.37. The molecule has 1 rings (SSSR count). The highest BCUT2D eigenvalue weighted by atomic mass is 28.4. The minimum atomic E-state index is -4.11. The average molecular weight is 304 g/mol.